The molecule has 1 aliphatic rings. The summed E-state index contributed by atoms with van der Waals surface area (Å²) in [5.74, 6) is -2.04. The topological polar surface area (TPSA) is 209 Å². The van der Waals surface area contributed by atoms with Crippen molar-refractivity contribution in [1.29, 1.82) is 0 Å². The van der Waals surface area contributed by atoms with Gasteiger partial charge >= 0.3 is 11.9 Å². The van der Waals surface area contributed by atoms with Gasteiger partial charge in [0.15, 0.2) is 0 Å². The fraction of sp³-hybridized carbons (Fsp3) is 0.400. The number of esters is 1. The van der Waals surface area contributed by atoms with E-state index in [1.807, 2.05) is 0 Å². The second-order valence-corrected chi connectivity index (χ2v) is 8.71. The van der Waals surface area contributed by atoms with E-state index in [0.717, 1.165) is 6.07 Å². The normalized spacial score (nSPS) is 16.2. The molecule has 1 saturated heterocycles. The average molecular weight is 564 g/mol. The van der Waals surface area contributed by atoms with E-state index in [-0.39, 0.29) is 36.2 Å². The fourth-order valence-corrected chi connectivity index (χ4v) is 4.13. The first-order valence-corrected chi connectivity index (χ1v) is 11.7. The molecule has 2 atom stereocenters. The Balaban J connectivity index is 0.000000319. The highest BCUT2D eigenvalue weighted by Crippen LogP contribution is 2.31. The van der Waals surface area contributed by atoms with E-state index in [4.69, 9.17) is 19.3 Å². The summed E-state index contributed by atoms with van der Waals surface area (Å²) in [7, 11) is 3.96. The van der Waals surface area contributed by atoms with E-state index in [0.29, 0.717) is 22.6 Å². The molecule has 1 amide bonds. The first-order valence-electron chi connectivity index (χ1n) is 11.7. The highest BCUT2D eigenvalue weighted by atomic mass is 16.6. The summed E-state index contributed by atoms with van der Waals surface area (Å²) in [6.07, 6.45) is -0.443. The zero-order chi connectivity index (χ0) is 30.3. The molecule has 216 valence electrons. The number of carbonyl (C=O) groups excluding carboxylic acids is 2. The minimum Gasteiger partial charge on any atom is -0.496 e. The zero-order valence-electron chi connectivity index (χ0n) is 22.4. The molecule has 1 heterocycles. The summed E-state index contributed by atoms with van der Waals surface area (Å²) in [6.45, 7) is 3.33. The van der Waals surface area contributed by atoms with Gasteiger partial charge in [0.1, 0.15) is 28.7 Å². The number of aliphatic hydroxyl groups excluding tert-OH is 1. The number of nitro groups is 2. The van der Waals surface area contributed by atoms with Gasteiger partial charge in [-0.1, -0.05) is 0 Å². The average Bonchev–Trinajstić information content (AvgIpc) is 2.91. The van der Waals surface area contributed by atoms with Gasteiger partial charge in [-0.05, 0) is 31.4 Å². The van der Waals surface area contributed by atoms with Crippen LogP contribution in [0.15, 0.2) is 24.3 Å². The second-order valence-electron chi connectivity index (χ2n) is 8.71. The zero-order valence-corrected chi connectivity index (χ0v) is 22.4. The van der Waals surface area contributed by atoms with Crippen molar-refractivity contribution in [2.75, 3.05) is 27.9 Å². The molecule has 2 aromatic carbocycles. The third kappa shape index (κ3) is 6.99. The molecule has 2 N–H and O–H groups in total. The number of rotatable bonds is 7. The molecule has 15 heteroatoms. The summed E-state index contributed by atoms with van der Waals surface area (Å²) in [4.78, 5) is 57.4. The quantitative estimate of drug-likeness (QED) is 0.283. The Bertz CT molecular complexity index is 1330. The van der Waals surface area contributed by atoms with Crippen LogP contribution < -0.4 is 9.47 Å². The lowest BCUT2D eigenvalue weighted by Crippen LogP contribution is -2.51. The number of methoxy groups -OCH3 is 3. The smallest absolute Gasteiger partial charge is 0.342 e. The van der Waals surface area contributed by atoms with Crippen LogP contribution in [0.4, 0.5) is 11.4 Å². The first kappa shape index (κ1) is 31.4. The van der Waals surface area contributed by atoms with E-state index in [2.05, 4.69) is 0 Å². The Hall–Kier alpha value is -4.79. The summed E-state index contributed by atoms with van der Waals surface area (Å²) < 4.78 is 14.7. The molecular weight excluding hydrogens is 534 g/mol. The highest BCUT2D eigenvalue weighted by molar-refractivity contribution is 6.01. The lowest BCUT2D eigenvalue weighted by Gasteiger charge is -2.36. The first-order chi connectivity index (χ1) is 18.8. The van der Waals surface area contributed by atoms with Crippen LogP contribution in [0, 0.1) is 34.1 Å². The number of aromatic carboxylic acids is 1. The number of amides is 1. The predicted molar refractivity (Wildman–Crippen MR) is 138 cm³/mol. The minimum absolute atomic E-state index is 0.0230. The summed E-state index contributed by atoms with van der Waals surface area (Å²) in [5.41, 5.74) is -0.294. The molecule has 0 spiro atoms. The van der Waals surface area contributed by atoms with Crippen molar-refractivity contribution in [3.05, 3.63) is 66.7 Å². The van der Waals surface area contributed by atoms with Crippen molar-refractivity contribution in [3.63, 3.8) is 0 Å². The molecule has 0 radical (unpaired) electrons. The second kappa shape index (κ2) is 13.3. The number of carbonyl (C=O) groups is 3. The maximum absolute atomic E-state index is 12.9. The van der Waals surface area contributed by atoms with Gasteiger partial charge in [0.05, 0.1) is 37.3 Å². The lowest BCUT2D eigenvalue weighted by atomic mass is 9.97. The SMILES string of the molecule is COC(=O)[C@@H]1C[C@@H](O)CCN1C(=O)c1cc(OC)c(C)cc1[N+](=O)[O-].COc1cc(C(=O)O)c([N+](=O)[O-])cc1C. The molecule has 1 fully saturated rings. The van der Waals surface area contributed by atoms with Gasteiger partial charge in [-0.3, -0.25) is 25.0 Å². The maximum atomic E-state index is 12.9. The molecular formula is C25H29N3O12. The molecule has 3 rings (SSSR count). The van der Waals surface area contributed by atoms with Gasteiger partial charge < -0.3 is 29.3 Å². The van der Waals surface area contributed by atoms with Gasteiger partial charge in [-0.25, -0.2) is 9.59 Å². The number of aryl methyl sites for hydroxylation is 2. The number of hydrogen-bond donors (Lipinski definition) is 2. The molecule has 15 nitrogen and oxygen atoms in total. The predicted octanol–water partition coefficient (Wildman–Crippen LogP) is 2.66. The van der Waals surface area contributed by atoms with E-state index in [1.54, 1.807) is 13.8 Å². The van der Waals surface area contributed by atoms with Crippen LogP contribution in [-0.2, 0) is 9.53 Å². The number of ether oxygens (including phenoxy) is 3. The number of carboxylic acid groups (broad SMARTS) is 1. The van der Waals surface area contributed by atoms with Crippen LogP contribution in [0.25, 0.3) is 0 Å². The van der Waals surface area contributed by atoms with Crippen molar-refractivity contribution >= 4 is 29.2 Å². The van der Waals surface area contributed by atoms with Gasteiger partial charge in [0.2, 0.25) is 0 Å². The van der Waals surface area contributed by atoms with Gasteiger partial charge in [-0.2, -0.15) is 0 Å². The third-order valence-corrected chi connectivity index (χ3v) is 6.19. The van der Waals surface area contributed by atoms with Crippen molar-refractivity contribution < 1.29 is 48.7 Å². The summed E-state index contributed by atoms with van der Waals surface area (Å²) in [6, 6.07) is 3.90. The van der Waals surface area contributed by atoms with E-state index in [9.17, 15) is 39.7 Å². The van der Waals surface area contributed by atoms with E-state index in [1.165, 1.54) is 44.4 Å². The molecule has 0 unspecified atom stereocenters. The number of nitrogens with zero attached hydrogens (tertiary/aromatic N) is 3. The number of nitro benzene ring substituents is 2. The van der Waals surface area contributed by atoms with E-state index < -0.39 is 45.5 Å². The molecule has 0 aromatic heterocycles. The number of benzene rings is 2. The van der Waals surface area contributed by atoms with Crippen LogP contribution in [0.5, 0.6) is 11.5 Å². The Kier molecular flexibility index (Phi) is 10.5. The monoisotopic (exact) mass is 563 g/mol. The molecule has 0 saturated carbocycles. The third-order valence-electron chi connectivity index (χ3n) is 6.19. The molecule has 1 aliphatic heterocycles. The fourth-order valence-electron chi connectivity index (χ4n) is 4.13. The van der Waals surface area contributed by atoms with Gasteiger partial charge in [0, 0.05) is 37.2 Å². The number of aliphatic hydroxyl groups is 1. The van der Waals surface area contributed by atoms with Crippen LogP contribution in [0.2, 0.25) is 0 Å². The largest absolute Gasteiger partial charge is 0.496 e. The number of carboxylic acids is 1. The lowest BCUT2D eigenvalue weighted by molar-refractivity contribution is -0.385. The van der Waals surface area contributed by atoms with Crippen LogP contribution in [0.3, 0.4) is 0 Å². The molecule has 2 aromatic rings. The Morgan fingerprint density at radius 1 is 0.900 bits per heavy atom. The standard InChI is InChI=1S/C16H20N2O7.C9H9NO5/c1-9-6-12(18(22)23)11(8-14(9)24-2)15(20)17-5-4-10(19)7-13(17)16(21)25-3;1-5-3-7(10(13)14)6(9(11)12)4-8(5)15-2/h6,8,10,13,19H,4-5,7H2,1-3H3;3-4H,1-2H3,(H,11,12)/t10-,13-;/m0./s1. The van der Waals surface area contributed by atoms with Crippen LogP contribution in [0.1, 0.15) is 44.7 Å². The van der Waals surface area contributed by atoms with Crippen molar-refractivity contribution in [2.24, 2.45) is 0 Å². The summed E-state index contributed by atoms with van der Waals surface area (Å²) in [5, 5.41) is 40.5. The minimum atomic E-state index is -1.35. The Labute approximate surface area is 228 Å². The summed E-state index contributed by atoms with van der Waals surface area (Å²) >= 11 is 0. The molecule has 40 heavy (non-hydrogen) atoms. The van der Waals surface area contributed by atoms with Crippen molar-refractivity contribution in [2.45, 2.75) is 38.8 Å². The number of likely N-dealkylation sites (tertiary alicyclic amines) is 1. The van der Waals surface area contributed by atoms with Crippen molar-refractivity contribution in [1.82, 2.24) is 4.90 Å². The number of piperidine rings is 1. The maximum Gasteiger partial charge on any atom is 0.342 e. The molecule has 0 aliphatic carbocycles. The van der Waals surface area contributed by atoms with E-state index >= 15 is 0 Å². The Morgan fingerprint density at radius 3 is 1.80 bits per heavy atom. The van der Waals surface area contributed by atoms with Crippen molar-refractivity contribution in [3.8, 4) is 11.5 Å². The van der Waals surface area contributed by atoms with Gasteiger partial charge in [-0.15, -0.1) is 0 Å². The Morgan fingerprint density at radius 2 is 1.38 bits per heavy atom. The van der Waals surface area contributed by atoms with Gasteiger partial charge in [0.25, 0.3) is 17.3 Å². The van der Waals surface area contributed by atoms with Crippen LogP contribution >= 0.6 is 0 Å². The molecule has 0 bridgehead atoms. The van der Waals surface area contributed by atoms with Crippen LogP contribution in [-0.4, -0.2) is 82.8 Å². The highest BCUT2D eigenvalue weighted by Gasteiger charge is 2.39. The number of hydrogen-bond acceptors (Lipinski definition) is 11.